The molecule has 0 bridgehead atoms. The molecule has 1 atom stereocenters. The molecule has 3 nitrogen and oxygen atoms in total. The second kappa shape index (κ2) is 11.0. The Balaban J connectivity index is 2.49. The highest BCUT2D eigenvalue weighted by Gasteiger charge is 2.39. The van der Waals surface area contributed by atoms with Crippen LogP contribution in [0.15, 0.2) is 59.3 Å². The van der Waals surface area contributed by atoms with Crippen LogP contribution >= 0.6 is 0 Å². The molecule has 33 heavy (non-hydrogen) atoms. The van der Waals surface area contributed by atoms with Crippen LogP contribution in [-0.2, 0) is 0 Å². The number of aryl methyl sites for hydroxylation is 2. The normalized spacial score (nSPS) is 13.0. The lowest BCUT2D eigenvalue weighted by atomic mass is 9.94. The van der Waals surface area contributed by atoms with E-state index in [0.717, 1.165) is 34.9 Å². The van der Waals surface area contributed by atoms with Crippen LogP contribution in [0.1, 0.15) is 67.9 Å². The van der Waals surface area contributed by atoms with E-state index in [4.69, 9.17) is 0 Å². The monoisotopic (exact) mass is 453 g/mol. The zero-order chi connectivity index (χ0) is 24.8. The quantitative estimate of drug-likeness (QED) is 0.314. The van der Waals surface area contributed by atoms with Gasteiger partial charge in [0.15, 0.2) is 0 Å². The molecular formula is C27H30F3N3. The topological polar surface area (TPSA) is 39.4 Å². The highest BCUT2D eigenvalue weighted by Crippen LogP contribution is 2.37. The van der Waals surface area contributed by atoms with Gasteiger partial charge in [-0.05, 0) is 64.3 Å². The molecule has 0 heterocycles. The Kier molecular flexibility index (Phi) is 8.64. The van der Waals surface area contributed by atoms with Gasteiger partial charge in [0, 0.05) is 11.9 Å². The van der Waals surface area contributed by atoms with Gasteiger partial charge in [-0.25, -0.2) is 5.01 Å². The van der Waals surface area contributed by atoms with Gasteiger partial charge >= 0.3 is 6.18 Å². The first-order valence-corrected chi connectivity index (χ1v) is 10.8. The van der Waals surface area contributed by atoms with Gasteiger partial charge in [-0.1, -0.05) is 60.0 Å². The van der Waals surface area contributed by atoms with Gasteiger partial charge in [-0.15, -0.1) is 0 Å². The Labute approximate surface area is 194 Å². The Morgan fingerprint density at radius 1 is 1.09 bits per heavy atom. The van der Waals surface area contributed by atoms with Crippen LogP contribution in [0.2, 0.25) is 0 Å². The van der Waals surface area contributed by atoms with E-state index < -0.39 is 12.1 Å². The maximum Gasteiger partial charge on any atom is 0.399 e. The van der Waals surface area contributed by atoms with Crippen molar-refractivity contribution in [2.45, 2.75) is 60.1 Å². The highest BCUT2D eigenvalue weighted by molar-refractivity contribution is 5.81. The van der Waals surface area contributed by atoms with Crippen molar-refractivity contribution in [3.05, 3.63) is 82.1 Å². The Morgan fingerprint density at radius 3 is 2.24 bits per heavy atom. The van der Waals surface area contributed by atoms with Crippen molar-refractivity contribution in [3.8, 4) is 6.07 Å². The number of hydrazone groups is 1. The molecule has 2 aromatic rings. The molecule has 1 unspecified atom stereocenters. The molecular weight excluding hydrogens is 423 g/mol. The Morgan fingerprint density at radius 2 is 1.73 bits per heavy atom. The molecule has 0 aliphatic heterocycles. The average molecular weight is 454 g/mol. The van der Waals surface area contributed by atoms with Gasteiger partial charge in [0.1, 0.15) is 6.07 Å². The van der Waals surface area contributed by atoms with Crippen molar-refractivity contribution >= 4 is 17.5 Å². The minimum absolute atomic E-state index is 0.201. The van der Waals surface area contributed by atoms with Crippen molar-refractivity contribution in [1.82, 2.24) is 0 Å². The maximum absolute atomic E-state index is 13.8. The standard InChI is InChI=1S/C27H30F3N3/c1-7-19(4)17-33(32-18(2)3)26-11-9-22(15-24(26)16-31)8-10-25(27(28,29)30)23-13-20(5)12-21(6)14-23/h8-15,17,25H,7H2,1-6H3/b10-8+,19-17+. The summed E-state index contributed by atoms with van der Waals surface area (Å²) in [7, 11) is 0. The summed E-state index contributed by atoms with van der Waals surface area (Å²) >= 11 is 0. The highest BCUT2D eigenvalue weighted by atomic mass is 19.4. The summed E-state index contributed by atoms with van der Waals surface area (Å²) in [5.74, 6) is -1.74. The number of benzene rings is 2. The van der Waals surface area contributed by atoms with E-state index in [2.05, 4.69) is 11.2 Å². The first kappa shape index (κ1) is 25.9. The summed E-state index contributed by atoms with van der Waals surface area (Å²) in [6, 6.07) is 12.1. The minimum atomic E-state index is -4.43. The van der Waals surface area contributed by atoms with Crippen molar-refractivity contribution < 1.29 is 13.2 Å². The van der Waals surface area contributed by atoms with Crippen molar-refractivity contribution in [2.24, 2.45) is 5.10 Å². The van der Waals surface area contributed by atoms with Crippen LogP contribution in [0.4, 0.5) is 18.9 Å². The number of halogens is 3. The Bertz CT molecular complexity index is 1090. The minimum Gasteiger partial charge on any atom is -0.240 e. The molecule has 0 N–H and O–H groups in total. The molecule has 0 amide bonds. The summed E-state index contributed by atoms with van der Waals surface area (Å²) in [6.07, 6.45) is 0.832. The number of hydrogen-bond acceptors (Lipinski definition) is 3. The molecule has 0 saturated carbocycles. The molecule has 0 aliphatic rings. The average Bonchev–Trinajstić information content (AvgIpc) is 2.71. The van der Waals surface area contributed by atoms with Crippen molar-refractivity contribution in [3.63, 3.8) is 0 Å². The molecule has 6 heteroatoms. The maximum atomic E-state index is 13.8. The molecule has 0 spiro atoms. The van der Waals surface area contributed by atoms with Crippen LogP contribution < -0.4 is 5.01 Å². The third-order valence-corrected chi connectivity index (χ3v) is 5.03. The van der Waals surface area contributed by atoms with Gasteiger partial charge in [0.2, 0.25) is 0 Å². The molecule has 174 valence electrons. The Hall–Kier alpha value is -3.33. The predicted molar refractivity (Wildman–Crippen MR) is 130 cm³/mol. The summed E-state index contributed by atoms with van der Waals surface area (Å²) in [5, 5.41) is 15.9. The summed E-state index contributed by atoms with van der Waals surface area (Å²) in [5.41, 5.74) is 5.08. The lowest BCUT2D eigenvalue weighted by molar-refractivity contribution is -0.139. The van der Waals surface area contributed by atoms with Crippen LogP contribution in [0.5, 0.6) is 0 Å². The second-order valence-corrected chi connectivity index (χ2v) is 8.41. The first-order valence-electron chi connectivity index (χ1n) is 10.8. The molecule has 0 radical (unpaired) electrons. The molecule has 2 aromatic carbocycles. The predicted octanol–water partition coefficient (Wildman–Crippen LogP) is 8.05. The lowest BCUT2D eigenvalue weighted by Crippen LogP contribution is -2.19. The van der Waals surface area contributed by atoms with Crippen molar-refractivity contribution in [1.29, 1.82) is 5.26 Å². The number of alkyl halides is 3. The van der Waals surface area contributed by atoms with Crippen LogP contribution in [0.25, 0.3) is 6.08 Å². The van der Waals surface area contributed by atoms with Gasteiger partial charge < -0.3 is 0 Å². The van der Waals surface area contributed by atoms with E-state index in [0.29, 0.717) is 16.8 Å². The van der Waals surface area contributed by atoms with Crippen LogP contribution in [0, 0.1) is 25.2 Å². The zero-order valence-electron chi connectivity index (χ0n) is 20.0. The van der Waals surface area contributed by atoms with Gasteiger partial charge in [-0.2, -0.15) is 23.5 Å². The van der Waals surface area contributed by atoms with Gasteiger partial charge in [0.05, 0.1) is 17.2 Å². The van der Waals surface area contributed by atoms with E-state index in [9.17, 15) is 18.4 Å². The molecule has 0 fully saturated rings. The van der Waals surface area contributed by atoms with E-state index in [1.165, 1.54) is 6.08 Å². The molecule has 0 aromatic heterocycles. The van der Waals surface area contributed by atoms with Gasteiger partial charge in [-0.3, -0.25) is 0 Å². The second-order valence-electron chi connectivity index (χ2n) is 8.41. The SMILES string of the molecule is CC/C(C)=C/N(N=C(C)C)c1ccc(/C=C/C(c2cc(C)cc(C)c2)C(F)(F)F)cc1C#N. The van der Waals surface area contributed by atoms with Crippen molar-refractivity contribution in [2.75, 3.05) is 5.01 Å². The number of hydrogen-bond donors (Lipinski definition) is 0. The van der Waals surface area contributed by atoms with E-state index in [-0.39, 0.29) is 5.56 Å². The fourth-order valence-corrected chi connectivity index (χ4v) is 3.42. The van der Waals surface area contributed by atoms with Crippen LogP contribution in [-0.4, -0.2) is 11.9 Å². The summed E-state index contributed by atoms with van der Waals surface area (Å²) < 4.78 is 41.5. The fourth-order valence-electron chi connectivity index (χ4n) is 3.42. The van der Waals surface area contributed by atoms with Gasteiger partial charge in [0.25, 0.3) is 0 Å². The molecule has 0 aliphatic carbocycles. The number of anilines is 1. The summed E-state index contributed by atoms with van der Waals surface area (Å²) in [6.45, 7) is 11.3. The smallest absolute Gasteiger partial charge is 0.240 e. The third kappa shape index (κ3) is 7.35. The van der Waals surface area contributed by atoms with Crippen LogP contribution in [0.3, 0.4) is 0 Å². The number of nitrogens with zero attached hydrogens (tertiary/aromatic N) is 3. The lowest BCUT2D eigenvalue weighted by Gasteiger charge is -2.19. The van der Waals surface area contributed by atoms with E-state index >= 15 is 0 Å². The first-order chi connectivity index (χ1) is 15.4. The van der Waals surface area contributed by atoms with E-state index in [1.807, 2.05) is 40.0 Å². The fraction of sp³-hybridized carbons (Fsp3) is 0.333. The number of rotatable bonds is 7. The number of allylic oxidation sites excluding steroid dienone is 2. The third-order valence-electron chi connectivity index (χ3n) is 5.03. The molecule has 0 saturated heterocycles. The zero-order valence-corrected chi connectivity index (χ0v) is 20.0. The largest absolute Gasteiger partial charge is 0.399 e. The summed E-state index contributed by atoms with van der Waals surface area (Å²) in [4.78, 5) is 0. The number of nitriles is 1. The van der Waals surface area contributed by atoms with E-state index in [1.54, 1.807) is 49.2 Å². The molecule has 2 rings (SSSR count).